The molecule has 0 fully saturated rings. The molecule has 188 valence electrons. The summed E-state index contributed by atoms with van der Waals surface area (Å²) in [6.07, 6.45) is 0. The van der Waals surface area contributed by atoms with Crippen molar-refractivity contribution in [1.29, 1.82) is 0 Å². The summed E-state index contributed by atoms with van der Waals surface area (Å²) in [5.74, 6) is -0.836. The molecule has 8 heteroatoms. The topological polar surface area (TPSA) is 100 Å². The van der Waals surface area contributed by atoms with Gasteiger partial charge in [-0.2, -0.15) is 0 Å². The van der Waals surface area contributed by atoms with Crippen molar-refractivity contribution in [2.45, 2.75) is 52.4 Å². The number of carbonyl (C=O) groups excluding carboxylic acids is 2. The zero-order valence-corrected chi connectivity index (χ0v) is 22.8. The van der Waals surface area contributed by atoms with Gasteiger partial charge < -0.3 is 9.94 Å². The van der Waals surface area contributed by atoms with Crippen molar-refractivity contribution in [2.75, 3.05) is 5.48 Å². The van der Waals surface area contributed by atoms with Crippen LogP contribution in [-0.4, -0.2) is 17.0 Å². The Morgan fingerprint density at radius 2 is 1.44 bits per heavy atom. The van der Waals surface area contributed by atoms with Gasteiger partial charge >= 0.3 is 5.97 Å². The summed E-state index contributed by atoms with van der Waals surface area (Å²) >= 11 is 3.32. The normalized spacial score (nSPS) is 12.0. The summed E-state index contributed by atoms with van der Waals surface area (Å²) < 4.78 is 0.634. The monoisotopic (exact) mass is 551 g/mol. The molecule has 1 amide bonds. The Bertz CT molecular complexity index is 1270. The number of nitrogens with one attached hydrogen (secondary N) is 1. The van der Waals surface area contributed by atoms with Gasteiger partial charge in [-0.25, -0.2) is 10.3 Å². The van der Waals surface area contributed by atoms with E-state index in [1.807, 2.05) is 41.5 Å². The van der Waals surface area contributed by atoms with Crippen LogP contribution in [0, 0.1) is 0 Å². The molecule has 0 aliphatic heterocycles. The van der Waals surface area contributed by atoms with Gasteiger partial charge in [0.25, 0.3) is 5.91 Å². The molecule has 0 saturated heterocycles. The zero-order valence-electron chi connectivity index (χ0n) is 21.2. The van der Waals surface area contributed by atoms with Gasteiger partial charge in [-0.3, -0.25) is 4.79 Å². The summed E-state index contributed by atoms with van der Waals surface area (Å²) in [6, 6.07) is 16.9. The van der Waals surface area contributed by atoms with Crippen LogP contribution in [0.5, 0.6) is 5.75 Å². The molecule has 0 unspecified atom stereocenters. The minimum atomic E-state index is -0.532. The van der Waals surface area contributed by atoms with Crippen LogP contribution in [0.25, 0.3) is 0 Å². The highest BCUT2D eigenvalue weighted by Crippen LogP contribution is 2.40. The predicted molar refractivity (Wildman–Crippen MR) is 144 cm³/mol. The average molecular weight is 552 g/mol. The number of nitrogens with zero attached hydrogens (tertiary/aromatic N) is 2. The molecular weight excluding hydrogens is 522 g/mol. The first kappa shape index (κ1) is 27.1. The standard InChI is InChI=1S/C28H30BrN3O4/c1-27(2,3)21-15-17(16-22(24(21)33)28(4,5)6)25(34)31-30-18-11-13-19(14-12-18)32-36-26(35)20-9-7-8-10-23(20)29/h7-16,32-33H,1-6H3. The van der Waals surface area contributed by atoms with Gasteiger partial charge in [0.1, 0.15) is 5.75 Å². The van der Waals surface area contributed by atoms with E-state index >= 15 is 0 Å². The lowest BCUT2D eigenvalue weighted by atomic mass is 9.78. The molecule has 0 aromatic heterocycles. The van der Waals surface area contributed by atoms with Gasteiger partial charge in [0.05, 0.1) is 16.9 Å². The highest BCUT2D eigenvalue weighted by Gasteiger charge is 2.27. The van der Waals surface area contributed by atoms with Gasteiger partial charge in [0.15, 0.2) is 0 Å². The lowest BCUT2D eigenvalue weighted by Gasteiger charge is -2.27. The fourth-order valence-corrected chi connectivity index (χ4v) is 3.89. The highest BCUT2D eigenvalue weighted by atomic mass is 79.9. The SMILES string of the molecule is CC(C)(C)c1cc(C(=O)N=Nc2ccc(NOC(=O)c3ccccc3Br)cc2)cc(C(C)(C)C)c1O. The van der Waals surface area contributed by atoms with Crippen LogP contribution >= 0.6 is 15.9 Å². The van der Waals surface area contributed by atoms with Crippen LogP contribution in [0.4, 0.5) is 11.4 Å². The maximum absolute atomic E-state index is 12.9. The quantitative estimate of drug-likeness (QED) is 0.248. The van der Waals surface area contributed by atoms with Crippen molar-refractivity contribution < 1.29 is 19.5 Å². The van der Waals surface area contributed by atoms with Crippen LogP contribution in [0.3, 0.4) is 0 Å². The first-order valence-electron chi connectivity index (χ1n) is 11.4. The first-order chi connectivity index (χ1) is 16.8. The second-order valence-corrected chi connectivity index (χ2v) is 11.3. The van der Waals surface area contributed by atoms with E-state index in [0.29, 0.717) is 38.1 Å². The number of hydrogen-bond acceptors (Lipinski definition) is 6. The van der Waals surface area contributed by atoms with E-state index < -0.39 is 11.9 Å². The molecule has 36 heavy (non-hydrogen) atoms. The molecule has 3 aromatic rings. The third kappa shape index (κ3) is 6.57. The Balaban J connectivity index is 1.73. The van der Waals surface area contributed by atoms with Crippen molar-refractivity contribution in [3.63, 3.8) is 0 Å². The fourth-order valence-electron chi connectivity index (χ4n) is 3.45. The Morgan fingerprint density at radius 3 is 1.97 bits per heavy atom. The van der Waals surface area contributed by atoms with Gasteiger partial charge in [-0.1, -0.05) is 53.7 Å². The molecule has 2 N–H and O–H groups in total. The number of carbonyl (C=O) groups is 2. The van der Waals surface area contributed by atoms with Crippen LogP contribution in [0.1, 0.15) is 73.4 Å². The Kier molecular flexibility index (Phi) is 7.99. The summed E-state index contributed by atoms with van der Waals surface area (Å²) in [7, 11) is 0. The average Bonchev–Trinajstić information content (AvgIpc) is 2.80. The van der Waals surface area contributed by atoms with Gasteiger partial charge in [0, 0.05) is 21.2 Å². The first-order valence-corrected chi connectivity index (χ1v) is 12.2. The van der Waals surface area contributed by atoms with E-state index in [1.54, 1.807) is 60.7 Å². The molecule has 0 saturated carbocycles. The molecule has 7 nitrogen and oxygen atoms in total. The minimum Gasteiger partial charge on any atom is -0.507 e. The Labute approximate surface area is 219 Å². The van der Waals surface area contributed by atoms with Crippen LogP contribution in [0.2, 0.25) is 0 Å². The summed E-state index contributed by atoms with van der Waals surface area (Å²) in [5, 5.41) is 18.8. The Hall–Kier alpha value is -3.52. The predicted octanol–water partition coefficient (Wildman–Crippen LogP) is 7.86. The number of amides is 1. The largest absolute Gasteiger partial charge is 0.507 e. The van der Waals surface area contributed by atoms with Crippen molar-refractivity contribution in [3.05, 3.63) is 87.4 Å². The summed E-state index contributed by atoms with van der Waals surface area (Å²) in [5.41, 5.74) is 4.99. The number of halogens is 1. The van der Waals surface area contributed by atoms with Gasteiger partial charge in [-0.05, 0) is 75.3 Å². The number of azo groups is 1. The molecule has 0 spiro atoms. The molecule has 0 aliphatic carbocycles. The third-order valence-corrected chi connectivity index (χ3v) is 6.14. The smallest absolute Gasteiger partial charge is 0.363 e. The number of anilines is 1. The van der Waals surface area contributed by atoms with E-state index in [0.717, 1.165) is 0 Å². The second-order valence-electron chi connectivity index (χ2n) is 10.4. The van der Waals surface area contributed by atoms with E-state index in [1.165, 1.54) is 0 Å². The molecule has 3 rings (SSSR count). The molecule has 0 aliphatic rings. The third-order valence-electron chi connectivity index (χ3n) is 5.45. The molecule has 0 bridgehead atoms. The number of aromatic hydroxyl groups is 1. The van der Waals surface area contributed by atoms with Crippen molar-refractivity contribution >= 4 is 39.2 Å². The number of phenols is 1. The zero-order chi connectivity index (χ0) is 26.7. The fraction of sp³-hybridized carbons (Fsp3) is 0.286. The van der Waals surface area contributed by atoms with Crippen LogP contribution in [0.15, 0.2) is 75.4 Å². The lowest BCUT2D eigenvalue weighted by Crippen LogP contribution is -2.18. The molecular formula is C28H30BrN3O4. The van der Waals surface area contributed by atoms with Crippen LogP contribution < -0.4 is 5.48 Å². The van der Waals surface area contributed by atoms with E-state index in [-0.39, 0.29) is 16.6 Å². The second kappa shape index (κ2) is 10.6. The minimum absolute atomic E-state index is 0.201. The van der Waals surface area contributed by atoms with Gasteiger partial charge in [-0.15, -0.1) is 10.2 Å². The summed E-state index contributed by atoms with van der Waals surface area (Å²) in [6.45, 7) is 11.9. The van der Waals surface area contributed by atoms with Crippen molar-refractivity contribution in [3.8, 4) is 5.75 Å². The molecule has 0 atom stereocenters. The number of phenolic OH excluding ortho intramolecular Hbond substituents is 1. The van der Waals surface area contributed by atoms with E-state index in [9.17, 15) is 14.7 Å². The highest BCUT2D eigenvalue weighted by molar-refractivity contribution is 9.10. The molecule has 3 aromatic carbocycles. The number of benzene rings is 3. The Morgan fingerprint density at radius 1 is 0.889 bits per heavy atom. The lowest BCUT2D eigenvalue weighted by molar-refractivity contribution is 0.0595. The molecule has 0 radical (unpaired) electrons. The number of hydrogen-bond donors (Lipinski definition) is 2. The van der Waals surface area contributed by atoms with Gasteiger partial charge in [0.2, 0.25) is 0 Å². The summed E-state index contributed by atoms with van der Waals surface area (Å²) in [4.78, 5) is 30.2. The van der Waals surface area contributed by atoms with E-state index in [2.05, 4.69) is 31.6 Å². The maximum atomic E-state index is 12.9. The molecule has 0 heterocycles. The van der Waals surface area contributed by atoms with E-state index in [4.69, 9.17) is 4.84 Å². The number of rotatable bonds is 5. The van der Waals surface area contributed by atoms with Crippen LogP contribution in [-0.2, 0) is 15.7 Å². The maximum Gasteiger partial charge on any atom is 0.363 e. The van der Waals surface area contributed by atoms with Crippen molar-refractivity contribution in [2.24, 2.45) is 10.2 Å². The van der Waals surface area contributed by atoms with Crippen molar-refractivity contribution in [1.82, 2.24) is 0 Å².